The van der Waals surface area contributed by atoms with Gasteiger partial charge in [0, 0.05) is 32.0 Å². The average molecular weight is 377 g/mol. The van der Waals surface area contributed by atoms with E-state index in [4.69, 9.17) is 21.1 Å². The molecule has 0 aromatic heterocycles. The molecule has 146 valence electrons. The monoisotopic (exact) mass is 376 g/mol. The number of hydrogen-bond donors (Lipinski definition) is 1. The summed E-state index contributed by atoms with van der Waals surface area (Å²) in [5.41, 5.74) is 0. The summed E-state index contributed by atoms with van der Waals surface area (Å²) in [4.78, 5) is 25.7. The second-order valence-electron chi connectivity index (χ2n) is 6.22. The lowest BCUT2D eigenvalue weighted by Crippen LogP contribution is -2.46. The molecule has 0 saturated carbocycles. The topological polar surface area (TPSA) is 67.9 Å². The van der Waals surface area contributed by atoms with Crippen LogP contribution in [0.3, 0.4) is 0 Å². The number of carbonyl (C=O) groups excluding carboxylic acids is 2. The molecule has 1 fully saturated rings. The van der Waals surface area contributed by atoms with Crippen LogP contribution in [0.5, 0.6) is 0 Å². The molecule has 2 amide bonds. The quantitative estimate of drug-likeness (QED) is 0.373. The summed E-state index contributed by atoms with van der Waals surface area (Å²) in [6.07, 6.45) is 6.52. The van der Waals surface area contributed by atoms with E-state index in [0.29, 0.717) is 39.3 Å². The lowest BCUT2D eigenvalue weighted by molar-refractivity contribution is -0.138. The van der Waals surface area contributed by atoms with Crippen LogP contribution in [0.4, 0.5) is 0 Å². The smallest absolute Gasteiger partial charge is 0.242 e. The van der Waals surface area contributed by atoms with Gasteiger partial charge in [-0.1, -0.05) is 19.8 Å². The number of nitrogens with one attached hydrogen (secondary N) is 1. The number of amides is 2. The third kappa shape index (κ3) is 9.42. The maximum atomic E-state index is 12.2. The maximum Gasteiger partial charge on any atom is 0.242 e. The Kier molecular flexibility index (Phi) is 12.7. The molecule has 0 aromatic carbocycles. The van der Waals surface area contributed by atoms with Crippen molar-refractivity contribution in [1.82, 2.24) is 10.2 Å². The molecule has 1 unspecified atom stereocenters. The molecule has 1 aliphatic rings. The number of ether oxygens (including phenoxy) is 2. The molecule has 7 heteroatoms. The minimum atomic E-state index is -0.311. The van der Waals surface area contributed by atoms with E-state index in [0.717, 1.165) is 51.0 Å². The van der Waals surface area contributed by atoms with Gasteiger partial charge < -0.3 is 19.7 Å². The van der Waals surface area contributed by atoms with Crippen molar-refractivity contribution in [3.63, 3.8) is 0 Å². The van der Waals surface area contributed by atoms with E-state index in [1.807, 2.05) is 6.92 Å². The highest BCUT2D eigenvalue weighted by atomic mass is 35.5. The van der Waals surface area contributed by atoms with Crippen molar-refractivity contribution in [2.75, 3.05) is 45.4 Å². The zero-order chi connectivity index (χ0) is 18.3. The van der Waals surface area contributed by atoms with Crippen molar-refractivity contribution in [3.05, 3.63) is 0 Å². The van der Waals surface area contributed by atoms with E-state index in [9.17, 15) is 9.59 Å². The highest BCUT2D eigenvalue weighted by Crippen LogP contribution is 2.18. The van der Waals surface area contributed by atoms with Gasteiger partial charge in [-0.2, -0.15) is 0 Å². The third-order valence-corrected chi connectivity index (χ3v) is 4.54. The Labute approximate surface area is 156 Å². The van der Waals surface area contributed by atoms with E-state index in [1.54, 1.807) is 4.90 Å². The highest BCUT2D eigenvalue weighted by molar-refractivity contribution is 6.17. The largest absolute Gasteiger partial charge is 0.379 e. The Morgan fingerprint density at radius 2 is 1.80 bits per heavy atom. The van der Waals surface area contributed by atoms with Crippen LogP contribution >= 0.6 is 11.6 Å². The van der Waals surface area contributed by atoms with E-state index in [1.165, 1.54) is 0 Å². The van der Waals surface area contributed by atoms with Crippen molar-refractivity contribution >= 4 is 23.4 Å². The molecule has 0 aliphatic carbocycles. The molecule has 1 aliphatic heterocycles. The molecule has 0 aromatic rings. The summed E-state index contributed by atoms with van der Waals surface area (Å²) >= 11 is 5.62. The number of rotatable bonds is 14. The first-order chi connectivity index (χ1) is 12.2. The van der Waals surface area contributed by atoms with Crippen molar-refractivity contribution in [2.24, 2.45) is 0 Å². The number of carbonyl (C=O) groups is 2. The third-order valence-electron chi connectivity index (χ3n) is 4.27. The minimum absolute atomic E-state index is 0.0497. The second-order valence-corrected chi connectivity index (χ2v) is 6.60. The number of halogens is 1. The second kappa shape index (κ2) is 14.3. The minimum Gasteiger partial charge on any atom is -0.379 e. The van der Waals surface area contributed by atoms with Crippen LogP contribution in [0.2, 0.25) is 0 Å². The summed E-state index contributed by atoms with van der Waals surface area (Å²) in [5.74, 6) is 0.712. The summed E-state index contributed by atoms with van der Waals surface area (Å²) in [6.45, 7) is 5.29. The SMILES string of the molecule is CCC(=O)N1CCCC1C(=O)NCCOCCOCCCCCCCl. The van der Waals surface area contributed by atoms with Gasteiger partial charge in [-0.05, 0) is 25.7 Å². The van der Waals surface area contributed by atoms with Gasteiger partial charge >= 0.3 is 0 Å². The normalized spacial score (nSPS) is 17.0. The van der Waals surface area contributed by atoms with Crippen LogP contribution in [-0.2, 0) is 19.1 Å². The van der Waals surface area contributed by atoms with Gasteiger partial charge in [-0.15, -0.1) is 11.6 Å². The van der Waals surface area contributed by atoms with Crippen molar-refractivity contribution < 1.29 is 19.1 Å². The van der Waals surface area contributed by atoms with Crippen LogP contribution in [0.25, 0.3) is 0 Å². The Bertz CT molecular complexity index is 382. The predicted octanol–water partition coefficient (Wildman–Crippen LogP) is 2.34. The zero-order valence-electron chi connectivity index (χ0n) is 15.4. The van der Waals surface area contributed by atoms with Gasteiger partial charge in [-0.3, -0.25) is 9.59 Å². The maximum absolute atomic E-state index is 12.2. The molecular weight excluding hydrogens is 344 g/mol. The Hall–Kier alpha value is -0.850. The van der Waals surface area contributed by atoms with E-state index in [-0.39, 0.29) is 17.9 Å². The fraction of sp³-hybridized carbons (Fsp3) is 0.889. The number of unbranched alkanes of at least 4 members (excludes halogenated alkanes) is 3. The van der Waals surface area contributed by atoms with E-state index in [2.05, 4.69) is 5.32 Å². The Morgan fingerprint density at radius 3 is 2.52 bits per heavy atom. The first-order valence-corrected chi connectivity index (χ1v) is 10.0. The summed E-state index contributed by atoms with van der Waals surface area (Å²) in [5, 5.41) is 2.85. The molecule has 0 bridgehead atoms. The fourth-order valence-electron chi connectivity index (χ4n) is 2.88. The van der Waals surface area contributed by atoms with Crippen molar-refractivity contribution in [1.29, 1.82) is 0 Å². The van der Waals surface area contributed by atoms with Crippen LogP contribution < -0.4 is 5.32 Å². The highest BCUT2D eigenvalue weighted by Gasteiger charge is 2.32. The first kappa shape index (κ1) is 22.2. The summed E-state index contributed by atoms with van der Waals surface area (Å²) in [6, 6.07) is -0.311. The predicted molar refractivity (Wildman–Crippen MR) is 98.9 cm³/mol. The molecule has 1 heterocycles. The van der Waals surface area contributed by atoms with Gasteiger partial charge in [0.25, 0.3) is 0 Å². The van der Waals surface area contributed by atoms with Crippen LogP contribution in [-0.4, -0.2) is 68.2 Å². The molecule has 1 saturated heterocycles. The molecule has 0 radical (unpaired) electrons. The van der Waals surface area contributed by atoms with Crippen LogP contribution in [0.15, 0.2) is 0 Å². The first-order valence-electron chi connectivity index (χ1n) is 9.49. The average Bonchev–Trinajstić information content (AvgIpc) is 3.11. The van der Waals surface area contributed by atoms with Gasteiger partial charge in [0.05, 0.1) is 19.8 Å². The Balaban J connectivity index is 1.95. The van der Waals surface area contributed by atoms with E-state index < -0.39 is 0 Å². The zero-order valence-corrected chi connectivity index (χ0v) is 16.2. The molecule has 1 N–H and O–H groups in total. The molecule has 1 rings (SSSR count). The van der Waals surface area contributed by atoms with Crippen molar-refractivity contribution in [2.45, 2.75) is 57.9 Å². The van der Waals surface area contributed by atoms with Gasteiger partial charge in [0.2, 0.25) is 11.8 Å². The van der Waals surface area contributed by atoms with Gasteiger partial charge in [0.15, 0.2) is 0 Å². The van der Waals surface area contributed by atoms with Gasteiger partial charge in [-0.25, -0.2) is 0 Å². The molecule has 0 spiro atoms. The van der Waals surface area contributed by atoms with Crippen molar-refractivity contribution in [3.8, 4) is 0 Å². The summed E-state index contributed by atoms with van der Waals surface area (Å²) in [7, 11) is 0. The molecular formula is C18H33ClN2O4. The summed E-state index contributed by atoms with van der Waals surface area (Å²) < 4.78 is 10.9. The fourth-order valence-corrected chi connectivity index (χ4v) is 3.07. The van der Waals surface area contributed by atoms with Gasteiger partial charge in [0.1, 0.15) is 6.04 Å². The number of nitrogens with zero attached hydrogens (tertiary/aromatic N) is 1. The van der Waals surface area contributed by atoms with E-state index >= 15 is 0 Å². The lowest BCUT2D eigenvalue weighted by Gasteiger charge is -2.23. The number of hydrogen-bond acceptors (Lipinski definition) is 4. The Morgan fingerprint density at radius 1 is 1.08 bits per heavy atom. The standard InChI is InChI=1S/C18H33ClN2O4/c1-2-17(22)21-11-7-8-16(21)18(23)20-10-13-25-15-14-24-12-6-4-3-5-9-19/h16H,2-15H2,1H3,(H,20,23). The lowest BCUT2D eigenvalue weighted by atomic mass is 10.2. The van der Waals surface area contributed by atoms with Crippen LogP contribution in [0, 0.1) is 0 Å². The van der Waals surface area contributed by atoms with Crippen LogP contribution in [0.1, 0.15) is 51.9 Å². The molecule has 6 nitrogen and oxygen atoms in total. The number of likely N-dealkylation sites (tertiary alicyclic amines) is 1. The number of alkyl halides is 1. The molecule has 1 atom stereocenters. The molecule has 25 heavy (non-hydrogen) atoms.